The van der Waals surface area contributed by atoms with Gasteiger partial charge in [-0.2, -0.15) is 13.2 Å². The first kappa shape index (κ1) is 14.0. The second-order valence-electron chi connectivity index (χ2n) is 3.81. The maximum atomic E-state index is 12.2. The summed E-state index contributed by atoms with van der Waals surface area (Å²) in [6, 6.07) is 1.66. The summed E-state index contributed by atoms with van der Waals surface area (Å²) in [5, 5.41) is 10.7. The molecular weight excluding hydrogens is 307 g/mol. The van der Waals surface area contributed by atoms with Gasteiger partial charge in [-0.05, 0) is 28.9 Å². The Bertz CT molecular complexity index is 364. The van der Waals surface area contributed by atoms with Gasteiger partial charge >= 0.3 is 6.18 Å². The SMILES string of the molecule is C[C@](N)(C[C@@H](O)C(F)(F)F)c1cc(Br)cs1. The minimum absolute atomic E-state index is 0.552. The molecule has 0 aliphatic rings. The summed E-state index contributed by atoms with van der Waals surface area (Å²) in [6.07, 6.45) is -7.58. The standard InChI is InChI=1S/C9H11BrF3NOS/c1-8(14,3-6(15)9(11,12)13)7-2-5(10)4-16-7/h2,4,6,15H,3,14H2,1H3/t6-,8+/m1/s1. The Balaban J connectivity index is 2.80. The Morgan fingerprint density at radius 1 is 1.56 bits per heavy atom. The average molecular weight is 318 g/mol. The molecule has 0 aliphatic heterocycles. The zero-order valence-corrected chi connectivity index (χ0v) is 10.8. The number of alkyl halides is 3. The molecule has 3 N–H and O–H groups in total. The highest BCUT2D eigenvalue weighted by atomic mass is 79.9. The molecule has 7 heteroatoms. The molecule has 0 spiro atoms. The van der Waals surface area contributed by atoms with Crippen LogP contribution in [0.5, 0.6) is 0 Å². The molecule has 0 fully saturated rings. The van der Waals surface area contributed by atoms with E-state index < -0.39 is 24.2 Å². The lowest BCUT2D eigenvalue weighted by Gasteiger charge is -2.27. The second-order valence-corrected chi connectivity index (χ2v) is 5.64. The van der Waals surface area contributed by atoms with E-state index in [1.807, 2.05) is 0 Å². The summed E-state index contributed by atoms with van der Waals surface area (Å²) in [6.45, 7) is 1.47. The van der Waals surface area contributed by atoms with Crippen molar-refractivity contribution in [2.75, 3.05) is 0 Å². The lowest BCUT2D eigenvalue weighted by atomic mass is 9.93. The smallest absolute Gasteiger partial charge is 0.384 e. The molecule has 1 aromatic heterocycles. The molecule has 2 nitrogen and oxygen atoms in total. The Hall–Kier alpha value is -0.110. The van der Waals surface area contributed by atoms with Crippen molar-refractivity contribution in [1.29, 1.82) is 0 Å². The van der Waals surface area contributed by atoms with Gasteiger partial charge in [0.15, 0.2) is 6.10 Å². The van der Waals surface area contributed by atoms with Crippen LogP contribution in [0, 0.1) is 0 Å². The topological polar surface area (TPSA) is 46.2 Å². The predicted octanol–water partition coefficient (Wildman–Crippen LogP) is 3.00. The first-order chi connectivity index (χ1) is 7.13. The lowest BCUT2D eigenvalue weighted by Crippen LogP contribution is -2.41. The molecule has 16 heavy (non-hydrogen) atoms. The normalized spacial score (nSPS) is 18.2. The molecule has 1 rings (SSSR count). The highest BCUT2D eigenvalue weighted by molar-refractivity contribution is 9.10. The molecule has 0 saturated carbocycles. The minimum atomic E-state index is -4.63. The number of aliphatic hydroxyl groups excluding tert-OH is 1. The van der Waals surface area contributed by atoms with Crippen molar-refractivity contribution < 1.29 is 18.3 Å². The van der Waals surface area contributed by atoms with Gasteiger partial charge in [0.2, 0.25) is 0 Å². The summed E-state index contributed by atoms with van der Waals surface area (Å²) in [4.78, 5) is 0.600. The van der Waals surface area contributed by atoms with Crippen molar-refractivity contribution in [2.45, 2.75) is 31.2 Å². The summed E-state index contributed by atoms with van der Waals surface area (Å²) >= 11 is 4.46. The van der Waals surface area contributed by atoms with Crippen LogP contribution in [0.25, 0.3) is 0 Å². The number of aliphatic hydroxyl groups is 1. The van der Waals surface area contributed by atoms with Crippen molar-refractivity contribution in [3.8, 4) is 0 Å². The van der Waals surface area contributed by atoms with Crippen LogP contribution in [-0.4, -0.2) is 17.4 Å². The van der Waals surface area contributed by atoms with E-state index in [0.29, 0.717) is 4.88 Å². The van der Waals surface area contributed by atoms with Crippen molar-refractivity contribution in [2.24, 2.45) is 5.73 Å². The molecule has 0 aromatic carbocycles. The largest absolute Gasteiger partial charge is 0.414 e. The van der Waals surface area contributed by atoms with E-state index >= 15 is 0 Å². The van der Waals surface area contributed by atoms with Crippen LogP contribution in [0.15, 0.2) is 15.9 Å². The van der Waals surface area contributed by atoms with E-state index in [1.54, 1.807) is 11.4 Å². The molecule has 92 valence electrons. The third-order valence-corrected chi connectivity index (χ3v) is 4.10. The number of hydrogen-bond acceptors (Lipinski definition) is 3. The quantitative estimate of drug-likeness (QED) is 0.900. The third kappa shape index (κ3) is 3.44. The van der Waals surface area contributed by atoms with Gasteiger partial charge in [-0.25, -0.2) is 0 Å². The van der Waals surface area contributed by atoms with Gasteiger partial charge in [0.1, 0.15) is 0 Å². The Kier molecular flexibility index (Phi) is 4.04. The van der Waals surface area contributed by atoms with Crippen LogP contribution in [0.1, 0.15) is 18.2 Å². The minimum Gasteiger partial charge on any atom is -0.384 e. The maximum Gasteiger partial charge on any atom is 0.414 e. The van der Waals surface area contributed by atoms with Gasteiger partial charge in [-0.1, -0.05) is 0 Å². The molecule has 1 aromatic rings. The van der Waals surface area contributed by atoms with Gasteiger partial charge in [-0.15, -0.1) is 11.3 Å². The molecule has 0 aliphatic carbocycles. The summed E-state index contributed by atoms with van der Waals surface area (Å²) in [7, 11) is 0. The second kappa shape index (κ2) is 4.64. The molecule has 1 heterocycles. The monoisotopic (exact) mass is 317 g/mol. The maximum absolute atomic E-state index is 12.2. The van der Waals surface area contributed by atoms with E-state index in [-0.39, 0.29) is 0 Å². The predicted molar refractivity (Wildman–Crippen MR) is 60.2 cm³/mol. The molecule has 0 amide bonds. The van der Waals surface area contributed by atoms with E-state index in [9.17, 15) is 13.2 Å². The zero-order chi connectivity index (χ0) is 12.6. The Labute approximate surface area is 103 Å². The van der Waals surface area contributed by atoms with Gasteiger partial charge in [0.05, 0.1) is 5.54 Å². The molecule has 2 atom stereocenters. The van der Waals surface area contributed by atoms with Crippen LogP contribution < -0.4 is 5.73 Å². The van der Waals surface area contributed by atoms with Crippen molar-refractivity contribution in [3.63, 3.8) is 0 Å². The van der Waals surface area contributed by atoms with Crippen LogP contribution in [0.4, 0.5) is 13.2 Å². The highest BCUT2D eigenvalue weighted by Gasteiger charge is 2.42. The van der Waals surface area contributed by atoms with Gasteiger partial charge in [0.25, 0.3) is 0 Å². The van der Waals surface area contributed by atoms with Crippen molar-refractivity contribution in [1.82, 2.24) is 0 Å². The molecular formula is C9H11BrF3NOS. The fourth-order valence-electron chi connectivity index (χ4n) is 1.23. The summed E-state index contributed by atoms with van der Waals surface area (Å²) in [5.74, 6) is 0. The fourth-order valence-corrected chi connectivity index (χ4v) is 2.75. The number of nitrogens with two attached hydrogens (primary N) is 1. The first-order valence-corrected chi connectivity index (χ1v) is 6.08. The Morgan fingerprint density at radius 3 is 2.50 bits per heavy atom. The zero-order valence-electron chi connectivity index (χ0n) is 8.38. The molecule has 0 bridgehead atoms. The van der Waals surface area contributed by atoms with Gasteiger partial charge < -0.3 is 10.8 Å². The van der Waals surface area contributed by atoms with E-state index in [2.05, 4.69) is 15.9 Å². The summed E-state index contributed by atoms with van der Waals surface area (Å²) in [5.41, 5.74) is 4.59. The van der Waals surface area contributed by atoms with E-state index in [1.165, 1.54) is 18.3 Å². The van der Waals surface area contributed by atoms with E-state index in [4.69, 9.17) is 10.8 Å². The molecule has 0 saturated heterocycles. The average Bonchev–Trinajstić information content (AvgIpc) is 2.49. The lowest BCUT2D eigenvalue weighted by molar-refractivity contribution is -0.209. The Morgan fingerprint density at radius 2 is 2.12 bits per heavy atom. The van der Waals surface area contributed by atoms with Crippen molar-refractivity contribution >= 4 is 27.3 Å². The third-order valence-electron chi connectivity index (χ3n) is 2.13. The first-order valence-electron chi connectivity index (χ1n) is 4.41. The molecule has 0 unspecified atom stereocenters. The van der Waals surface area contributed by atoms with Crippen LogP contribution in [0.2, 0.25) is 0 Å². The fraction of sp³-hybridized carbons (Fsp3) is 0.556. The van der Waals surface area contributed by atoms with Crippen LogP contribution in [-0.2, 0) is 5.54 Å². The van der Waals surface area contributed by atoms with Crippen LogP contribution >= 0.6 is 27.3 Å². The van der Waals surface area contributed by atoms with Gasteiger partial charge in [0, 0.05) is 21.2 Å². The highest BCUT2D eigenvalue weighted by Crippen LogP contribution is 2.34. The molecule has 0 radical (unpaired) electrons. The number of rotatable bonds is 3. The van der Waals surface area contributed by atoms with Crippen molar-refractivity contribution in [3.05, 3.63) is 20.8 Å². The number of halogens is 4. The van der Waals surface area contributed by atoms with E-state index in [0.717, 1.165) is 4.47 Å². The van der Waals surface area contributed by atoms with Gasteiger partial charge in [-0.3, -0.25) is 0 Å². The van der Waals surface area contributed by atoms with Crippen LogP contribution in [0.3, 0.4) is 0 Å². The summed E-state index contributed by atoms with van der Waals surface area (Å²) < 4.78 is 37.3. The number of thiophene rings is 1. The number of hydrogen-bond donors (Lipinski definition) is 2.